The highest BCUT2D eigenvalue weighted by Crippen LogP contribution is 2.38. The molecule has 2 rings (SSSR count). The maximum Gasteiger partial charge on any atom is 0.313 e. The van der Waals surface area contributed by atoms with Gasteiger partial charge in [0, 0.05) is 12.0 Å². The molecule has 6 heteroatoms. The van der Waals surface area contributed by atoms with Crippen molar-refractivity contribution in [1.82, 2.24) is 0 Å². The number of carboxylic acid groups (broad SMARTS) is 1. The van der Waals surface area contributed by atoms with Gasteiger partial charge in [-0.3, -0.25) is 4.79 Å². The number of sulfone groups is 1. The van der Waals surface area contributed by atoms with E-state index in [9.17, 15) is 18.3 Å². The molecule has 20 heavy (non-hydrogen) atoms. The van der Waals surface area contributed by atoms with Gasteiger partial charge in [-0.1, -0.05) is 18.2 Å². The molecule has 0 saturated heterocycles. The highest BCUT2D eigenvalue weighted by atomic mass is 32.2. The van der Waals surface area contributed by atoms with Crippen LogP contribution in [0.1, 0.15) is 18.4 Å². The van der Waals surface area contributed by atoms with Crippen molar-refractivity contribution in [1.29, 1.82) is 0 Å². The van der Waals surface area contributed by atoms with E-state index in [2.05, 4.69) is 0 Å². The van der Waals surface area contributed by atoms with Crippen LogP contribution < -0.4 is 4.74 Å². The van der Waals surface area contributed by atoms with Crippen molar-refractivity contribution in [2.75, 3.05) is 18.6 Å². The van der Waals surface area contributed by atoms with Crippen LogP contribution in [0.3, 0.4) is 0 Å². The highest BCUT2D eigenvalue weighted by Gasteiger charge is 2.42. The predicted octanol–water partition coefficient (Wildman–Crippen LogP) is 1.52. The minimum Gasteiger partial charge on any atom is -0.492 e. The van der Waals surface area contributed by atoms with E-state index < -0.39 is 21.2 Å². The maximum atomic E-state index is 11.6. The number of benzene rings is 1. The molecule has 1 atom stereocenters. The number of carboxylic acids is 1. The van der Waals surface area contributed by atoms with Gasteiger partial charge in [-0.15, -0.1) is 0 Å². The molecule has 1 aromatic rings. The SMILES string of the molecule is CS(=O)(=O)CCCC1(C(=O)O)COc2ccccc2C1. The number of hydrogen-bond acceptors (Lipinski definition) is 4. The van der Waals surface area contributed by atoms with Crippen molar-refractivity contribution >= 4 is 15.8 Å². The van der Waals surface area contributed by atoms with Gasteiger partial charge in [0.05, 0.1) is 0 Å². The van der Waals surface area contributed by atoms with Crippen LogP contribution in [0.15, 0.2) is 24.3 Å². The first-order valence-corrected chi connectivity index (χ1v) is 8.50. The molecule has 0 spiro atoms. The molecule has 1 aromatic carbocycles. The zero-order chi connectivity index (χ0) is 14.8. The van der Waals surface area contributed by atoms with Gasteiger partial charge < -0.3 is 9.84 Å². The van der Waals surface area contributed by atoms with Crippen LogP contribution in [0, 0.1) is 5.41 Å². The molecule has 1 aliphatic heterocycles. The van der Waals surface area contributed by atoms with Crippen molar-refractivity contribution in [3.05, 3.63) is 29.8 Å². The van der Waals surface area contributed by atoms with E-state index in [0.29, 0.717) is 25.0 Å². The standard InChI is InChI=1S/C14H18O5S/c1-20(17,18)8-4-7-14(13(15)16)9-11-5-2-3-6-12(11)19-10-14/h2-3,5-6H,4,7-10H2,1H3,(H,15,16). The second-order valence-electron chi connectivity index (χ2n) is 5.39. The summed E-state index contributed by atoms with van der Waals surface area (Å²) in [6, 6.07) is 7.35. The molecule has 0 aromatic heterocycles. The average molecular weight is 298 g/mol. The molecule has 1 heterocycles. The first kappa shape index (κ1) is 14.8. The summed E-state index contributed by atoms with van der Waals surface area (Å²) in [5.74, 6) is -0.211. The second kappa shape index (κ2) is 5.44. The fraction of sp³-hybridized carbons (Fsp3) is 0.500. The van der Waals surface area contributed by atoms with Crippen LogP contribution in [0.4, 0.5) is 0 Å². The third-order valence-corrected chi connectivity index (χ3v) is 4.66. The largest absolute Gasteiger partial charge is 0.492 e. The Labute approximate surface area is 118 Å². The Bertz CT molecular complexity index is 608. The van der Waals surface area contributed by atoms with Gasteiger partial charge in [-0.2, -0.15) is 0 Å². The summed E-state index contributed by atoms with van der Waals surface area (Å²) in [6.07, 6.45) is 2.16. The summed E-state index contributed by atoms with van der Waals surface area (Å²) in [5, 5.41) is 9.51. The molecule has 1 N–H and O–H groups in total. The first-order valence-electron chi connectivity index (χ1n) is 6.44. The van der Waals surface area contributed by atoms with Crippen molar-refractivity contribution in [2.24, 2.45) is 5.41 Å². The third-order valence-electron chi connectivity index (χ3n) is 3.63. The molecule has 0 radical (unpaired) electrons. The van der Waals surface area contributed by atoms with Gasteiger partial charge in [0.15, 0.2) is 0 Å². The lowest BCUT2D eigenvalue weighted by atomic mass is 9.77. The molecule has 0 aliphatic carbocycles. The minimum absolute atomic E-state index is 0.00365. The van der Waals surface area contributed by atoms with Crippen LogP contribution in [0.5, 0.6) is 5.75 Å². The number of fused-ring (bicyclic) bond motifs is 1. The minimum atomic E-state index is -3.07. The quantitative estimate of drug-likeness (QED) is 0.891. The molecule has 0 amide bonds. The second-order valence-corrected chi connectivity index (χ2v) is 7.65. The molecular formula is C14H18O5S. The van der Waals surface area contributed by atoms with Crippen molar-refractivity contribution in [3.8, 4) is 5.75 Å². The van der Waals surface area contributed by atoms with E-state index in [0.717, 1.165) is 11.8 Å². The van der Waals surface area contributed by atoms with Crippen LogP contribution in [0.2, 0.25) is 0 Å². The fourth-order valence-electron chi connectivity index (χ4n) is 2.50. The average Bonchev–Trinajstić information content (AvgIpc) is 2.37. The van der Waals surface area contributed by atoms with Gasteiger partial charge in [0.2, 0.25) is 0 Å². The molecule has 0 bridgehead atoms. The zero-order valence-electron chi connectivity index (χ0n) is 11.3. The van der Waals surface area contributed by atoms with Crippen LogP contribution >= 0.6 is 0 Å². The first-order chi connectivity index (χ1) is 9.32. The summed E-state index contributed by atoms with van der Waals surface area (Å²) in [5.41, 5.74) is -0.167. The van der Waals surface area contributed by atoms with Crippen molar-refractivity contribution < 1.29 is 23.1 Å². The number of para-hydroxylation sites is 1. The molecule has 0 fully saturated rings. The number of rotatable bonds is 5. The molecule has 1 unspecified atom stereocenters. The maximum absolute atomic E-state index is 11.6. The van der Waals surface area contributed by atoms with Crippen molar-refractivity contribution in [2.45, 2.75) is 19.3 Å². The van der Waals surface area contributed by atoms with Crippen LogP contribution in [-0.2, 0) is 21.1 Å². The highest BCUT2D eigenvalue weighted by molar-refractivity contribution is 7.90. The molecule has 0 saturated carbocycles. The topological polar surface area (TPSA) is 80.7 Å². The predicted molar refractivity (Wildman–Crippen MR) is 74.7 cm³/mol. The Morgan fingerprint density at radius 2 is 2.10 bits per heavy atom. The molecule has 1 aliphatic rings. The molecular weight excluding hydrogens is 280 g/mol. The lowest BCUT2D eigenvalue weighted by Crippen LogP contribution is -2.42. The lowest BCUT2D eigenvalue weighted by molar-refractivity contribution is -0.152. The van der Waals surface area contributed by atoms with Crippen molar-refractivity contribution in [3.63, 3.8) is 0 Å². The molecule has 110 valence electrons. The summed E-state index contributed by atoms with van der Waals surface area (Å²) in [6.45, 7) is 0.0864. The van der Waals surface area contributed by atoms with E-state index in [1.807, 2.05) is 24.3 Å². The fourth-order valence-corrected chi connectivity index (χ4v) is 3.17. The van der Waals surface area contributed by atoms with E-state index in [1.54, 1.807) is 0 Å². The number of hydrogen-bond donors (Lipinski definition) is 1. The van der Waals surface area contributed by atoms with Gasteiger partial charge in [-0.05, 0) is 30.9 Å². The normalized spacial score (nSPS) is 21.9. The number of aliphatic carboxylic acids is 1. The van der Waals surface area contributed by atoms with Gasteiger partial charge in [0.1, 0.15) is 27.6 Å². The Hall–Kier alpha value is -1.56. The summed E-state index contributed by atoms with van der Waals surface area (Å²) >= 11 is 0. The van der Waals surface area contributed by atoms with Gasteiger partial charge in [0.25, 0.3) is 0 Å². The van der Waals surface area contributed by atoms with Gasteiger partial charge in [-0.25, -0.2) is 8.42 Å². The smallest absolute Gasteiger partial charge is 0.313 e. The van der Waals surface area contributed by atoms with E-state index in [-0.39, 0.29) is 12.4 Å². The Morgan fingerprint density at radius 1 is 1.40 bits per heavy atom. The third kappa shape index (κ3) is 3.30. The Balaban J connectivity index is 2.14. The summed E-state index contributed by atoms with van der Waals surface area (Å²) in [7, 11) is -3.07. The van der Waals surface area contributed by atoms with E-state index in [4.69, 9.17) is 4.74 Å². The van der Waals surface area contributed by atoms with Crippen LogP contribution in [0.25, 0.3) is 0 Å². The van der Waals surface area contributed by atoms with Gasteiger partial charge >= 0.3 is 5.97 Å². The summed E-state index contributed by atoms with van der Waals surface area (Å²) < 4.78 is 27.9. The summed E-state index contributed by atoms with van der Waals surface area (Å²) in [4.78, 5) is 11.6. The number of carbonyl (C=O) groups is 1. The van der Waals surface area contributed by atoms with Crippen LogP contribution in [-0.4, -0.2) is 38.1 Å². The van der Waals surface area contributed by atoms with E-state index in [1.165, 1.54) is 0 Å². The van der Waals surface area contributed by atoms with E-state index >= 15 is 0 Å². The number of ether oxygens (including phenoxy) is 1. The Morgan fingerprint density at radius 3 is 2.75 bits per heavy atom. The molecule has 5 nitrogen and oxygen atoms in total. The lowest BCUT2D eigenvalue weighted by Gasteiger charge is -2.34. The Kier molecular flexibility index (Phi) is 4.04. The monoisotopic (exact) mass is 298 g/mol. The zero-order valence-corrected chi connectivity index (χ0v) is 12.1.